The summed E-state index contributed by atoms with van der Waals surface area (Å²) in [5.41, 5.74) is 5.71. The highest BCUT2D eigenvalue weighted by atomic mass is 16.1. The molecule has 4 rings (SSSR count). The molecule has 0 atom stereocenters. The van der Waals surface area contributed by atoms with Crippen LogP contribution in [0.5, 0.6) is 0 Å². The molecule has 1 amide bonds. The van der Waals surface area contributed by atoms with Crippen molar-refractivity contribution >= 4 is 16.9 Å². The van der Waals surface area contributed by atoms with Crippen LogP contribution < -0.4 is 5.32 Å². The predicted octanol–water partition coefficient (Wildman–Crippen LogP) is 3.72. The van der Waals surface area contributed by atoms with Gasteiger partial charge in [0.1, 0.15) is 5.52 Å². The Labute approximate surface area is 157 Å². The minimum Gasteiger partial charge on any atom is -0.348 e. The van der Waals surface area contributed by atoms with Gasteiger partial charge in [-0.1, -0.05) is 59.8 Å². The standard InChI is InChI=1S/C22H20N4O/c1-16-7-5-6-10-19(16)15-26-21-12-11-18(13-20(21)24-25-26)22(27)23-14-17-8-3-2-4-9-17/h2-13H,14-15H2,1H3,(H,23,27). The van der Waals surface area contributed by atoms with E-state index in [2.05, 4.69) is 34.7 Å². The number of hydrogen-bond acceptors (Lipinski definition) is 3. The minimum absolute atomic E-state index is 0.116. The Morgan fingerprint density at radius 1 is 1.00 bits per heavy atom. The van der Waals surface area contributed by atoms with Gasteiger partial charge < -0.3 is 5.32 Å². The molecule has 0 aliphatic heterocycles. The Morgan fingerprint density at radius 3 is 2.59 bits per heavy atom. The summed E-state index contributed by atoms with van der Waals surface area (Å²) in [6, 6.07) is 23.6. The molecule has 4 aromatic rings. The van der Waals surface area contributed by atoms with Crippen molar-refractivity contribution in [2.24, 2.45) is 0 Å². The Bertz CT molecular complexity index is 1090. The number of fused-ring (bicyclic) bond motifs is 1. The quantitative estimate of drug-likeness (QED) is 0.593. The van der Waals surface area contributed by atoms with Crippen LogP contribution in [0.15, 0.2) is 72.8 Å². The second-order valence-corrected chi connectivity index (χ2v) is 6.55. The summed E-state index contributed by atoms with van der Waals surface area (Å²) >= 11 is 0. The Balaban J connectivity index is 1.51. The maximum atomic E-state index is 12.4. The molecule has 3 aromatic carbocycles. The monoisotopic (exact) mass is 356 g/mol. The van der Waals surface area contributed by atoms with E-state index in [1.165, 1.54) is 11.1 Å². The zero-order valence-corrected chi connectivity index (χ0v) is 15.1. The number of rotatable bonds is 5. The molecule has 0 bridgehead atoms. The minimum atomic E-state index is -0.116. The van der Waals surface area contributed by atoms with Crippen molar-refractivity contribution in [2.75, 3.05) is 0 Å². The molecule has 0 fully saturated rings. The van der Waals surface area contributed by atoms with Crippen molar-refractivity contribution in [3.8, 4) is 0 Å². The molecule has 134 valence electrons. The smallest absolute Gasteiger partial charge is 0.251 e. The van der Waals surface area contributed by atoms with Gasteiger partial charge in [0.2, 0.25) is 0 Å². The first-order valence-electron chi connectivity index (χ1n) is 8.90. The third-order valence-corrected chi connectivity index (χ3v) is 4.65. The molecule has 1 N–H and O–H groups in total. The highest BCUT2D eigenvalue weighted by Gasteiger charge is 2.11. The van der Waals surface area contributed by atoms with Crippen molar-refractivity contribution in [1.29, 1.82) is 0 Å². The SMILES string of the molecule is Cc1ccccc1Cn1nnc2cc(C(=O)NCc3ccccc3)ccc21. The zero-order valence-electron chi connectivity index (χ0n) is 15.1. The number of carbonyl (C=O) groups is 1. The van der Waals surface area contributed by atoms with Gasteiger partial charge in [-0.05, 0) is 41.8 Å². The fourth-order valence-corrected chi connectivity index (χ4v) is 3.06. The van der Waals surface area contributed by atoms with Gasteiger partial charge in [0.05, 0.1) is 12.1 Å². The number of hydrogen-bond donors (Lipinski definition) is 1. The van der Waals surface area contributed by atoms with E-state index in [1.54, 1.807) is 6.07 Å². The second kappa shape index (κ2) is 7.41. The van der Waals surface area contributed by atoms with Crippen LogP contribution in [0.25, 0.3) is 11.0 Å². The van der Waals surface area contributed by atoms with Gasteiger partial charge in [0.15, 0.2) is 0 Å². The molecule has 5 nitrogen and oxygen atoms in total. The van der Waals surface area contributed by atoms with Gasteiger partial charge in [-0.25, -0.2) is 4.68 Å². The highest BCUT2D eigenvalue weighted by Crippen LogP contribution is 2.16. The molecule has 0 spiro atoms. The number of amides is 1. The number of aryl methyl sites for hydroxylation is 1. The van der Waals surface area contributed by atoms with Crippen molar-refractivity contribution in [3.63, 3.8) is 0 Å². The molecule has 0 saturated heterocycles. The predicted molar refractivity (Wildman–Crippen MR) is 105 cm³/mol. The van der Waals surface area contributed by atoms with E-state index >= 15 is 0 Å². The van der Waals surface area contributed by atoms with E-state index in [0.717, 1.165) is 16.6 Å². The number of aromatic nitrogens is 3. The summed E-state index contributed by atoms with van der Waals surface area (Å²) in [5.74, 6) is -0.116. The molecule has 1 heterocycles. The molecule has 0 aliphatic rings. The first-order valence-corrected chi connectivity index (χ1v) is 8.90. The number of nitrogens with zero attached hydrogens (tertiary/aromatic N) is 3. The lowest BCUT2D eigenvalue weighted by atomic mass is 10.1. The molecule has 0 radical (unpaired) electrons. The highest BCUT2D eigenvalue weighted by molar-refractivity contribution is 5.97. The van der Waals surface area contributed by atoms with E-state index < -0.39 is 0 Å². The molecule has 0 unspecified atom stereocenters. The zero-order chi connectivity index (χ0) is 18.6. The van der Waals surface area contributed by atoms with E-state index in [0.29, 0.717) is 18.7 Å². The molecule has 27 heavy (non-hydrogen) atoms. The molecule has 5 heteroatoms. The van der Waals surface area contributed by atoms with Crippen LogP contribution in [0.4, 0.5) is 0 Å². The van der Waals surface area contributed by atoms with Gasteiger partial charge in [-0.3, -0.25) is 4.79 Å². The molecule has 0 saturated carbocycles. The van der Waals surface area contributed by atoms with Crippen molar-refractivity contribution in [3.05, 3.63) is 95.1 Å². The maximum Gasteiger partial charge on any atom is 0.251 e. The van der Waals surface area contributed by atoms with E-state index in [4.69, 9.17) is 0 Å². The van der Waals surface area contributed by atoms with E-state index in [9.17, 15) is 4.79 Å². The van der Waals surface area contributed by atoms with Crippen LogP contribution in [-0.2, 0) is 13.1 Å². The van der Waals surface area contributed by atoms with Gasteiger partial charge in [-0.15, -0.1) is 5.10 Å². The lowest BCUT2D eigenvalue weighted by Crippen LogP contribution is -2.22. The number of nitrogens with one attached hydrogen (secondary N) is 1. The summed E-state index contributed by atoms with van der Waals surface area (Å²) in [6.45, 7) is 3.24. The normalized spacial score (nSPS) is 10.9. The van der Waals surface area contributed by atoms with Crippen LogP contribution >= 0.6 is 0 Å². The molecular weight excluding hydrogens is 336 g/mol. The van der Waals surface area contributed by atoms with Crippen LogP contribution in [-0.4, -0.2) is 20.9 Å². The maximum absolute atomic E-state index is 12.4. The lowest BCUT2D eigenvalue weighted by molar-refractivity contribution is 0.0951. The summed E-state index contributed by atoms with van der Waals surface area (Å²) in [5, 5.41) is 11.4. The molecule has 0 aliphatic carbocycles. The van der Waals surface area contributed by atoms with E-state index in [1.807, 2.05) is 59.3 Å². The lowest BCUT2D eigenvalue weighted by Gasteiger charge is -2.07. The Kier molecular flexibility index (Phi) is 4.66. The average molecular weight is 356 g/mol. The van der Waals surface area contributed by atoms with Crippen molar-refractivity contribution in [1.82, 2.24) is 20.3 Å². The number of benzene rings is 3. The van der Waals surface area contributed by atoms with Gasteiger partial charge in [0.25, 0.3) is 5.91 Å². The van der Waals surface area contributed by atoms with Crippen molar-refractivity contribution < 1.29 is 4.79 Å². The van der Waals surface area contributed by atoms with E-state index in [-0.39, 0.29) is 5.91 Å². The van der Waals surface area contributed by atoms with Crippen LogP contribution in [0, 0.1) is 6.92 Å². The van der Waals surface area contributed by atoms with Crippen LogP contribution in [0.1, 0.15) is 27.0 Å². The van der Waals surface area contributed by atoms with Gasteiger partial charge in [-0.2, -0.15) is 0 Å². The summed E-state index contributed by atoms with van der Waals surface area (Å²) in [6.07, 6.45) is 0. The number of carbonyl (C=O) groups excluding carboxylic acids is 1. The summed E-state index contributed by atoms with van der Waals surface area (Å²) < 4.78 is 1.86. The fraction of sp³-hybridized carbons (Fsp3) is 0.136. The van der Waals surface area contributed by atoms with Crippen molar-refractivity contribution in [2.45, 2.75) is 20.0 Å². The summed E-state index contributed by atoms with van der Waals surface area (Å²) in [7, 11) is 0. The fourth-order valence-electron chi connectivity index (χ4n) is 3.06. The second-order valence-electron chi connectivity index (χ2n) is 6.55. The largest absolute Gasteiger partial charge is 0.348 e. The molecule has 1 aromatic heterocycles. The van der Waals surface area contributed by atoms with Gasteiger partial charge >= 0.3 is 0 Å². The first kappa shape index (κ1) is 17.0. The first-order chi connectivity index (χ1) is 13.2. The topological polar surface area (TPSA) is 59.8 Å². The Hall–Kier alpha value is -3.47. The average Bonchev–Trinajstić information content (AvgIpc) is 3.11. The Morgan fingerprint density at radius 2 is 1.78 bits per heavy atom. The summed E-state index contributed by atoms with van der Waals surface area (Å²) in [4.78, 5) is 12.4. The van der Waals surface area contributed by atoms with Crippen LogP contribution in [0.3, 0.4) is 0 Å². The van der Waals surface area contributed by atoms with Crippen LogP contribution in [0.2, 0.25) is 0 Å². The third-order valence-electron chi connectivity index (χ3n) is 4.65. The van der Waals surface area contributed by atoms with Gasteiger partial charge in [0, 0.05) is 12.1 Å². The third kappa shape index (κ3) is 3.72. The molecular formula is C22H20N4O.